The summed E-state index contributed by atoms with van der Waals surface area (Å²) in [6, 6.07) is -0.577. The van der Waals surface area contributed by atoms with Crippen LogP contribution in [0.25, 0.3) is 0 Å². The number of nitrogens with one attached hydrogen (secondary N) is 1. The molecule has 1 heterocycles. The average molecular weight is 221 g/mol. The highest BCUT2D eigenvalue weighted by molar-refractivity contribution is 7.89. The number of hydrogen-bond donors (Lipinski definition) is 2. The van der Waals surface area contributed by atoms with E-state index in [2.05, 4.69) is 4.72 Å². The van der Waals surface area contributed by atoms with Gasteiger partial charge in [0.05, 0.1) is 11.9 Å². The van der Waals surface area contributed by atoms with Crippen LogP contribution in [-0.4, -0.2) is 37.8 Å². The lowest BCUT2D eigenvalue weighted by atomic mass is 10.3. The zero-order valence-corrected chi connectivity index (χ0v) is 8.88. The lowest BCUT2D eigenvalue weighted by Crippen LogP contribution is -2.49. The predicted octanol–water partition coefficient (Wildman–Crippen LogP) is -0.574. The molecule has 0 saturated carbocycles. The SMILES string of the molecule is CCS(=O)(=O)NC1CCCN1C(N)=O. The van der Waals surface area contributed by atoms with Crippen LogP contribution in [0.15, 0.2) is 0 Å². The van der Waals surface area contributed by atoms with Gasteiger partial charge in [-0.2, -0.15) is 4.72 Å². The summed E-state index contributed by atoms with van der Waals surface area (Å²) in [6.45, 7) is 2.07. The molecule has 82 valence electrons. The molecule has 1 aliphatic rings. The van der Waals surface area contributed by atoms with Crippen molar-refractivity contribution in [2.24, 2.45) is 5.73 Å². The van der Waals surface area contributed by atoms with E-state index >= 15 is 0 Å². The second-order valence-corrected chi connectivity index (χ2v) is 5.25. The third-order valence-electron chi connectivity index (χ3n) is 2.23. The van der Waals surface area contributed by atoms with Gasteiger partial charge in [0.2, 0.25) is 10.0 Å². The molecule has 1 rings (SSSR count). The number of carbonyl (C=O) groups is 1. The quantitative estimate of drug-likeness (QED) is 0.668. The smallest absolute Gasteiger partial charge is 0.316 e. The molecule has 1 saturated heterocycles. The molecule has 3 N–H and O–H groups in total. The second-order valence-electron chi connectivity index (χ2n) is 3.21. The summed E-state index contributed by atoms with van der Waals surface area (Å²) in [7, 11) is -3.27. The fraction of sp³-hybridized carbons (Fsp3) is 0.857. The van der Waals surface area contributed by atoms with Crippen LogP contribution < -0.4 is 10.5 Å². The number of urea groups is 1. The number of carbonyl (C=O) groups excluding carboxylic acids is 1. The molecular weight excluding hydrogens is 206 g/mol. The van der Waals surface area contributed by atoms with Crippen molar-refractivity contribution < 1.29 is 13.2 Å². The van der Waals surface area contributed by atoms with E-state index < -0.39 is 22.2 Å². The molecule has 0 aromatic rings. The van der Waals surface area contributed by atoms with Crippen molar-refractivity contribution in [1.82, 2.24) is 9.62 Å². The van der Waals surface area contributed by atoms with Crippen LogP contribution in [0.3, 0.4) is 0 Å². The Hall–Kier alpha value is -0.820. The summed E-state index contributed by atoms with van der Waals surface area (Å²) in [5, 5.41) is 0. The first-order valence-electron chi connectivity index (χ1n) is 4.52. The zero-order chi connectivity index (χ0) is 10.8. The predicted molar refractivity (Wildman–Crippen MR) is 51.9 cm³/mol. The van der Waals surface area contributed by atoms with E-state index in [1.807, 2.05) is 0 Å². The zero-order valence-electron chi connectivity index (χ0n) is 8.06. The van der Waals surface area contributed by atoms with Crippen LogP contribution in [0.2, 0.25) is 0 Å². The molecule has 0 bridgehead atoms. The van der Waals surface area contributed by atoms with Gasteiger partial charge in [0.15, 0.2) is 0 Å². The minimum absolute atomic E-state index is 0.0100. The lowest BCUT2D eigenvalue weighted by Gasteiger charge is -2.22. The third kappa shape index (κ3) is 2.58. The maximum Gasteiger partial charge on any atom is 0.316 e. The minimum Gasteiger partial charge on any atom is -0.351 e. The molecule has 1 unspecified atom stereocenters. The summed E-state index contributed by atoms with van der Waals surface area (Å²) < 4.78 is 24.9. The van der Waals surface area contributed by atoms with Crippen molar-refractivity contribution in [2.45, 2.75) is 25.9 Å². The largest absolute Gasteiger partial charge is 0.351 e. The highest BCUT2D eigenvalue weighted by atomic mass is 32.2. The number of likely N-dealkylation sites (tertiary alicyclic amines) is 1. The van der Waals surface area contributed by atoms with E-state index in [-0.39, 0.29) is 5.75 Å². The third-order valence-corrected chi connectivity index (χ3v) is 3.62. The van der Waals surface area contributed by atoms with Gasteiger partial charge in [-0.1, -0.05) is 0 Å². The van der Waals surface area contributed by atoms with Gasteiger partial charge in [0.25, 0.3) is 0 Å². The number of rotatable bonds is 3. The maximum absolute atomic E-state index is 11.2. The second kappa shape index (κ2) is 4.14. The molecule has 0 radical (unpaired) electrons. The van der Waals surface area contributed by atoms with Gasteiger partial charge in [0.1, 0.15) is 0 Å². The topological polar surface area (TPSA) is 92.5 Å². The van der Waals surface area contributed by atoms with Crippen molar-refractivity contribution in [2.75, 3.05) is 12.3 Å². The number of hydrogen-bond acceptors (Lipinski definition) is 3. The molecular formula is C7H15N3O3S. The fourth-order valence-electron chi connectivity index (χ4n) is 1.44. The molecule has 0 aromatic carbocycles. The molecule has 0 spiro atoms. The Morgan fingerprint density at radius 3 is 2.79 bits per heavy atom. The average Bonchev–Trinajstić information content (AvgIpc) is 2.51. The Morgan fingerprint density at radius 2 is 2.29 bits per heavy atom. The molecule has 1 fully saturated rings. The van der Waals surface area contributed by atoms with Crippen LogP contribution in [0.4, 0.5) is 4.79 Å². The minimum atomic E-state index is -3.27. The first kappa shape index (κ1) is 11.3. The van der Waals surface area contributed by atoms with Gasteiger partial charge >= 0.3 is 6.03 Å². The van der Waals surface area contributed by atoms with Gasteiger partial charge in [0, 0.05) is 6.54 Å². The highest BCUT2D eigenvalue weighted by Gasteiger charge is 2.29. The molecule has 0 aliphatic carbocycles. The number of sulfonamides is 1. The van der Waals surface area contributed by atoms with E-state index in [1.165, 1.54) is 4.90 Å². The summed E-state index contributed by atoms with van der Waals surface area (Å²) in [5.41, 5.74) is 5.10. The first-order chi connectivity index (χ1) is 6.46. The normalized spacial score (nSPS) is 22.6. The molecule has 0 aromatic heterocycles. The Bertz CT molecular complexity index is 314. The Labute approximate surface area is 83.5 Å². The van der Waals surface area contributed by atoms with Gasteiger partial charge in [-0.3, -0.25) is 0 Å². The summed E-state index contributed by atoms with van der Waals surface area (Å²) in [4.78, 5) is 12.2. The molecule has 14 heavy (non-hydrogen) atoms. The van der Waals surface area contributed by atoms with Crippen LogP contribution in [0.5, 0.6) is 0 Å². The number of nitrogens with zero attached hydrogens (tertiary/aromatic N) is 1. The van der Waals surface area contributed by atoms with Crippen molar-refractivity contribution in [3.05, 3.63) is 0 Å². The Kier molecular flexibility index (Phi) is 3.33. The van der Waals surface area contributed by atoms with E-state index in [1.54, 1.807) is 6.92 Å². The van der Waals surface area contributed by atoms with E-state index in [0.29, 0.717) is 13.0 Å². The van der Waals surface area contributed by atoms with Crippen molar-refractivity contribution in [3.8, 4) is 0 Å². The summed E-state index contributed by atoms with van der Waals surface area (Å²) in [5.74, 6) is 0.0100. The van der Waals surface area contributed by atoms with Gasteiger partial charge < -0.3 is 10.6 Å². The van der Waals surface area contributed by atoms with Gasteiger partial charge in [-0.15, -0.1) is 0 Å². The molecule has 2 amide bonds. The van der Waals surface area contributed by atoms with Crippen LogP contribution in [0, 0.1) is 0 Å². The van der Waals surface area contributed by atoms with Crippen LogP contribution >= 0.6 is 0 Å². The molecule has 7 heteroatoms. The van der Waals surface area contributed by atoms with Crippen molar-refractivity contribution in [3.63, 3.8) is 0 Å². The summed E-state index contributed by atoms with van der Waals surface area (Å²) in [6.07, 6.45) is 0.944. The van der Waals surface area contributed by atoms with E-state index in [9.17, 15) is 13.2 Å². The number of amides is 2. The molecule has 1 aliphatic heterocycles. The van der Waals surface area contributed by atoms with Gasteiger partial charge in [-0.25, -0.2) is 13.2 Å². The summed E-state index contributed by atoms with van der Waals surface area (Å²) >= 11 is 0. The number of primary amides is 1. The van der Waals surface area contributed by atoms with Gasteiger partial charge in [-0.05, 0) is 19.8 Å². The highest BCUT2D eigenvalue weighted by Crippen LogP contribution is 2.14. The monoisotopic (exact) mass is 221 g/mol. The van der Waals surface area contributed by atoms with Crippen molar-refractivity contribution >= 4 is 16.1 Å². The standard InChI is InChI=1S/C7H15N3O3S/c1-2-14(12,13)9-6-4-3-5-10(6)7(8)11/h6,9H,2-5H2,1H3,(H2,8,11). The molecule has 6 nitrogen and oxygen atoms in total. The molecule has 1 atom stereocenters. The maximum atomic E-state index is 11.2. The van der Waals surface area contributed by atoms with Crippen molar-refractivity contribution in [1.29, 1.82) is 0 Å². The first-order valence-corrected chi connectivity index (χ1v) is 6.17. The lowest BCUT2D eigenvalue weighted by molar-refractivity contribution is 0.200. The van der Waals surface area contributed by atoms with Crippen LogP contribution in [0.1, 0.15) is 19.8 Å². The van der Waals surface area contributed by atoms with E-state index in [4.69, 9.17) is 5.73 Å². The number of nitrogens with two attached hydrogens (primary N) is 1. The van der Waals surface area contributed by atoms with Crippen LogP contribution in [-0.2, 0) is 10.0 Å². The fourth-order valence-corrected chi connectivity index (χ4v) is 2.27. The van der Waals surface area contributed by atoms with E-state index in [0.717, 1.165) is 6.42 Å². The Morgan fingerprint density at radius 1 is 1.64 bits per heavy atom. The Balaban J connectivity index is 2.65.